The van der Waals surface area contributed by atoms with Gasteiger partial charge in [-0.1, -0.05) is 24.3 Å². The van der Waals surface area contributed by atoms with E-state index < -0.39 is 0 Å². The molecule has 1 aliphatic rings. The summed E-state index contributed by atoms with van der Waals surface area (Å²) >= 11 is 0. The molecular formula is C25H29N3O. The summed E-state index contributed by atoms with van der Waals surface area (Å²) in [5, 5.41) is 0. The zero-order valence-corrected chi connectivity index (χ0v) is 17.8. The number of imidazole rings is 1. The molecule has 1 amide bonds. The van der Waals surface area contributed by atoms with E-state index in [4.69, 9.17) is 4.98 Å². The van der Waals surface area contributed by atoms with E-state index in [2.05, 4.69) is 63.1 Å². The number of amides is 1. The molecule has 4 rings (SSSR count). The summed E-state index contributed by atoms with van der Waals surface area (Å²) in [7, 11) is 0. The van der Waals surface area contributed by atoms with E-state index in [0.717, 1.165) is 23.4 Å². The van der Waals surface area contributed by atoms with Crippen LogP contribution in [0.1, 0.15) is 46.0 Å². The molecule has 0 radical (unpaired) electrons. The summed E-state index contributed by atoms with van der Waals surface area (Å²) in [5.74, 6) is 1.32. The van der Waals surface area contributed by atoms with E-state index in [-0.39, 0.29) is 11.8 Å². The van der Waals surface area contributed by atoms with Crippen LogP contribution in [-0.2, 0) is 11.3 Å². The number of fused-ring (bicyclic) bond motifs is 1. The molecule has 3 aromatic rings. The summed E-state index contributed by atoms with van der Waals surface area (Å²) in [6, 6.07) is 10.6. The molecule has 1 fully saturated rings. The van der Waals surface area contributed by atoms with Gasteiger partial charge in [-0.25, -0.2) is 4.98 Å². The Morgan fingerprint density at radius 1 is 1.14 bits per heavy atom. The third kappa shape index (κ3) is 3.37. The molecule has 29 heavy (non-hydrogen) atoms. The van der Waals surface area contributed by atoms with Gasteiger partial charge in [-0.3, -0.25) is 4.79 Å². The molecule has 1 unspecified atom stereocenters. The highest BCUT2D eigenvalue weighted by molar-refractivity contribution is 5.81. The largest absolute Gasteiger partial charge is 0.338 e. The van der Waals surface area contributed by atoms with Gasteiger partial charge >= 0.3 is 0 Å². The Hall–Kier alpha value is -2.88. The smallest absolute Gasteiger partial charge is 0.223 e. The summed E-state index contributed by atoms with van der Waals surface area (Å²) < 4.78 is 2.33. The minimum absolute atomic E-state index is 0.112. The van der Waals surface area contributed by atoms with Gasteiger partial charge in [0.1, 0.15) is 5.82 Å². The lowest BCUT2D eigenvalue weighted by Gasteiger charge is -2.19. The van der Waals surface area contributed by atoms with Gasteiger partial charge in [-0.05, 0) is 67.6 Å². The molecule has 0 spiro atoms. The van der Waals surface area contributed by atoms with Crippen molar-refractivity contribution in [2.75, 3.05) is 13.1 Å². The number of para-hydroxylation sites is 2. The Morgan fingerprint density at radius 2 is 1.83 bits per heavy atom. The van der Waals surface area contributed by atoms with Crippen LogP contribution in [0.5, 0.6) is 0 Å². The van der Waals surface area contributed by atoms with Crippen molar-refractivity contribution >= 4 is 16.9 Å². The number of aryl methyl sites for hydroxylation is 2. The number of rotatable bonds is 5. The zero-order chi connectivity index (χ0) is 20.7. The zero-order valence-electron chi connectivity index (χ0n) is 17.8. The Bertz CT molecular complexity index is 1080. The molecule has 0 aliphatic carbocycles. The number of aromatic nitrogens is 2. The molecular weight excluding hydrogens is 358 g/mol. The molecule has 0 bridgehead atoms. The first kappa shape index (κ1) is 19.4. The fraction of sp³-hybridized carbons (Fsp3) is 0.360. The standard InChI is InChI=1S/C25H29N3O/c1-6-11-27-14-20(13-24(27)29)25-26-22-9-7-8-10-23(22)28(25)15-21-18(4)16(2)12-17(3)19(21)5/h6-10,12,20H,1,11,13-15H2,2-5H3. The molecule has 150 valence electrons. The topological polar surface area (TPSA) is 38.1 Å². The lowest BCUT2D eigenvalue weighted by atomic mass is 9.94. The highest BCUT2D eigenvalue weighted by Gasteiger charge is 2.33. The van der Waals surface area contributed by atoms with Crippen LogP contribution in [0.25, 0.3) is 11.0 Å². The minimum Gasteiger partial charge on any atom is -0.338 e. The maximum Gasteiger partial charge on any atom is 0.223 e. The van der Waals surface area contributed by atoms with Crippen molar-refractivity contribution in [2.45, 2.75) is 46.6 Å². The molecule has 1 atom stereocenters. The van der Waals surface area contributed by atoms with Gasteiger partial charge < -0.3 is 9.47 Å². The van der Waals surface area contributed by atoms with Crippen LogP contribution in [0, 0.1) is 27.7 Å². The van der Waals surface area contributed by atoms with Gasteiger partial charge in [0.05, 0.1) is 11.0 Å². The Balaban J connectivity index is 1.82. The normalized spacial score (nSPS) is 16.8. The lowest BCUT2D eigenvalue weighted by molar-refractivity contribution is -0.127. The first-order valence-corrected chi connectivity index (χ1v) is 10.3. The molecule has 4 nitrogen and oxygen atoms in total. The molecule has 4 heteroatoms. The molecule has 2 aromatic carbocycles. The van der Waals surface area contributed by atoms with Crippen molar-refractivity contribution in [2.24, 2.45) is 0 Å². The SMILES string of the molecule is C=CCN1CC(c2nc3ccccc3n2Cc2c(C)c(C)cc(C)c2C)CC1=O. The van der Waals surface area contributed by atoms with Crippen molar-refractivity contribution in [3.8, 4) is 0 Å². The van der Waals surface area contributed by atoms with Gasteiger partial charge in [0.25, 0.3) is 0 Å². The molecule has 2 heterocycles. The van der Waals surface area contributed by atoms with Crippen LogP contribution in [-0.4, -0.2) is 33.4 Å². The molecule has 1 saturated heterocycles. The van der Waals surface area contributed by atoms with Crippen LogP contribution in [0.3, 0.4) is 0 Å². The number of hydrogen-bond acceptors (Lipinski definition) is 2. The Morgan fingerprint density at radius 3 is 2.52 bits per heavy atom. The predicted molar refractivity (Wildman–Crippen MR) is 118 cm³/mol. The second-order valence-corrected chi connectivity index (χ2v) is 8.27. The van der Waals surface area contributed by atoms with E-state index in [1.807, 2.05) is 11.0 Å². The summed E-state index contributed by atoms with van der Waals surface area (Å²) in [6.07, 6.45) is 2.31. The van der Waals surface area contributed by atoms with Gasteiger partial charge in [-0.15, -0.1) is 6.58 Å². The number of carbonyl (C=O) groups is 1. The van der Waals surface area contributed by atoms with E-state index >= 15 is 0 Å². The number of likely N-dealkylation sites (tertiary alicyclic amines) is 1. The van der Waals surface area contributed by atoms with Crippen molar-refractivity contribution in [3.63, 3.8) is 0 Å². The van der Waals surface area contributed by atoms with Crippen LogP contribution in [0.4, 0.5) is 0 Å². The Kier molecular flexibility index (Phi) is 5.03. The van der Waals surface area contributed by atoms with Crippen LogP contribution >= 0.6 is 0 Å². The van der Waals surface area contributed by atoms with Gasteiger partial charge in [0, 0.05) is 32.0 Å². The lowest BCUT2D eigenvalue weighted by Crippen LogP contribution is -2.25. The van der Waals surface area contributed by atoms with Gasteiger partial charge in [0.2, 0.25) is 5.91 Å². The van der Waals surface area contributed by atoms with Crippen LogP contribution in [0.15, 0.2) is 43.0 Å². The minimum atomic E-state index is 0.112. The van der Waals surface area contributed by atoms with Crippen molar-refractivity contribution < 1.29 is 4.79 Å². The van der Waals surface area contributed by atoms with E-state index in [0.29, 0.717) is 19.5 Å². The van der Waals surface area contributed by atoms with E-state index in [1.54, 1.807) is 6.08 Å². The third-order valence-corrected chi connectivity index (χ3v) is 6.45. The average molecular weight is 388 g/mol. The quantitative estimate of drug-likeness (QED) is 0.589. The Labute approximate surface area is 172 Å². The first-order chi connectivity index (χ1) is 13.9. The second-order valence-electron chi connectivity index (χ2n) is 8.27. The molecule has 1 aromatic heterocycles. The van der Waals surface area contributed by atoms with Crippen LogP contribution in [0.2, 0.25) is 0 Å². The van der Waals surface area contributed by atoms with Gasteiger partial charge in [-0.2, -0.15) is 0 Å². The molecule has 1 aliphatic heterocycles. The molecule has 0 N–H and O–H groups in total. The maximum absolute atomic E-state index is 12.5. The van der Waals surface area contributed by atoms with Crippen LogP contribution < -0.4 is 0 Å². The summed E-state index contributed by atoms with van der Waals surface area (Å²) in [6.45, 7) is 14.7. The average Bonchev–Trinajstić information content (AvgIpc) is 3.24. The summed E-state index contributed by atoms with van der Waals surface area (Å²) in [4.78, 5) is 19.3. The first-order valence-electron chi connectivity index (χ1n) is 10.3. The van der Waals surface area contributed by atoms with Gasteiger partial charge in [0.15, 0.2) is 0 Å². The van der Waals surface area contributed by atoms with E-state index in [9.17, 15) is 4.79 Å². The van der Waals surface area contributed by atoms with E-state index in [1.165, 1.54) is 27.8 Å². The number of carbonyl (C=O) groups excluding carboxylic acids is 1. The highest BCUT2D eigenvalue weighted by Crippen LogP contribution is 2.32. The third-order valence-electron chi connectivity index (χ3n) is 6.45. The van der Waals surface area contributed by atoms with Crippen molar-refractivity contribution in [1.82, 2.24) is 14.5 Å². The fourth-order valence-corrected chi connectivity index (χ4v) is 4.54. The summed E-state index contributed by atoms with van der Waals surface area (Å²) in [5.41, 5.74) is 8.82. The number of benzene rings is 2. The fourth-order valence-electron chi connectivity index (χ4n) is 4.54. The highest BCUT2D eigenvalue weighted by atomic mass is 16.2. The molecule has 0 saturated carbocycles. The number of hydrogen-bond donors (Lipinski definition) is 0. The predicted octanol–water partition coefficient (Wildman–Crippen LogP) is 4.82. The van der Waals surface area contributed by atoms with Crippen molar-refractivity contribution in [1.29, 1.82) is 0 Å². The number of nitrogens with zero attached hydrogens (tertiary/aromatic N) is 3. The maximum atomic E-state index is 12.5. The van der Waals surface area contributed by atoms with Crippen molar-refractivity contribution in [3.05, 3.63) is 76.6 Å². The second kappa shape index (κ2) is 7.51. The monoisotopic (exact) mass is 387 g/mol.